The van der Waals surface area contributed by atoms with Crippen molar-refractivity contribution < 1.29 is 14.7 Å². The Hall–Kier alpha value is -1.62. The molecule has 0 aliphatic heterocycles. The standard InChI is InChI=1S/C12H15ClN2O3/c1-8-6-7-14-12(13)11(8)15-9(16)4-2-3-5-10(17)18/h6-7H,2-5H2,1H3,(H,15,16)(H,17,18). The largest absolute Gasteiger partial charge is 0.481 e. The first-order chi connectivity index (χ1) is 8.50. The Morgan fingerprint density at radius 3 is 2.67 bits per heavy atom. The van der Waals surface area contributed by atoms with E-state index in [2.05, 4.69) is 10.3 Å². The fourth-order valence-electron chi connectivity index (χ4n) is 1.44. The number of nitrogens with zero attached hydrogens (tertiary/aromatic N) is 1. The molecule has 0 aromatic carbocycles. The molecule has 98 valence electrons. The van der Waals surface area contributed by atoms with Gasteiger partial charge < -0.3 is 10.4 Å². The highest BCUT2D eigenvalue weighted by atomic mass is 35.5. The normalized spacial score (nSPS) is 10.1. The van der Waals surface area contributed by atoms with E-state index in [0.29, 0.717) is 18.5 Å². The molecule has 1 heterocycles. The summed E-state index contributed by atoms with van der Waals surface area (Å²) >= 11 is 5.87. The highest BCUT2D eigenvalue weighted by Gasteiger charge is 2.09. The van der Waals surface area contributed by atoms with E-state index in [1.807, 2.05) is 6.92 Å². The van der Waals surface area contributed by atoms with E-state index in [1.54, 1.807) is 12.3 Å². The quantitative estimate of drug-likeness (QED) is 0.615. The van der Waals surface area contributed by atoms with E-state index in [0.717, 1.165) is 5.56 Å². The van der Waals surface area contributed by atoms with E-state index >= 15 is 0 Å². The number of aliphatic carboxylic acids is 1. The highest BCUT2D eigenvalue weighted by molar-refractivity contribution is 6.32. The van der Waals surface area contributed by atoms with Gasteiger partial charge in [0.1, 0.15) is 0 Å². The first kappa shape index (κ1) is 14.4. The zero-order valence-electron chi connectivity index (χ0n) is 10.1. The van der Waals surface area contributed by atoms with Crippen LogP contribution in [0.3, 0.4) is 0 Å². The van der Waals surface area contributed by atoms with Gasteiger partial charge >= 0.3 is 5.97 Å². The smallest absolute Gasteiger partial charge is 0.303 e. The third-order valence-electron chi connectivity index (χ3n) is 2.42. The summed E-state index contributed by atoms with van der Waals surface area (Å²) in [4.78, 5) is 25.8. The minimum Gasteiger partial charge on any atom is -0.481 e. The van der Waals surface area contributed by atoms with E-state index in [9.17, 15) is 9.59 Å². The maximum Gasteiger partial charge on any atom is 0.303 e. The Morgan fingerprint density at radius 1 is 1.39 bits per heavy atom. The summed E-state index contributed by atoms with van der Waals surface area (Å²) < 4.78 is 0. The van der Waals surface area contributed by atoms with Crippen molar-refractivity contribution in [2.45, 2.75) is 32.6 Å². The molecular weight excluding hydrogens is 256 g/mol. The number of halogens is 1. The van der Waals surface area contributed by atoms with E-state index < -0.39 is 5.97 Å². The Labute approximate surface area is 110 Å². The van der Waals surface area contributed by atoms with Gasteiger partial charge in [0.25, 0.3) is 0 Å². The first-order valence-electron chi connectivity index (χ1n) is 5.63. The Bertz CT molecular complexity index is 429. The van der Waals surface area contributed by atoms with Crippen LogP contribution in [0.5, 0.6) is 0 Å². The number of carboxylic acids is 1. The Balaban J connectivity index is 2.43. The molecule has 2 N–H and O–H groups in total. The number of aryl methyl sites for hydroxylation is 1. The Morgan fingerprint density at radius 2 is 2.06 bits per heavy atom. The number of nitrogens with one attached hydrogen (secondary N) is 1. The number of aromatic nitrogens is 1. The second-order valence-electron chi connectivity index (χ2n) is 3.94. The number of pyridine rings is 1. The maximum atomic E-state index is 11.6. The molecule has 0 saturated heterocycles. The number of hydrogen-bond acceptors (Lipinski definition) is 3. The van der Waals surface area contributed by atoms with Gasteiger partial charge in [-0.25, -0.2) is 4.98 Å². The number of carbonyl (C=O) groups is 2. The van der Waals surface area contributed by atoms with Crippen LogP contribution < -0.4 is 5.32 Å². The van der Waals surface area contributed by atoms with Gasteiger partial charge in [-0.15, -0.1) is 0 Å². The van der Waals surface area contributed by atoms with Crippen molar-refractivity contribution in [1.29, 1.82) is 0 Å². The van der Waals surface area contributed by atoms with Gasteiger partial charge in [-0.2, -0.15) is 0 Å². The van der Waals surface area contributed by atoms with Crippen LogP contribution >= 0.6 is 11.6 Å². The van der Waals surface area contributed by atoms with Crippen molar-refractivity contribution >= 4 is 29.2 Å². The molecule has 1 rings (SSSR count). The molecule has 0 fully saturated rings. The predicted octanol–water partition coefficient (Wildman–Crippen LogP) is 2.63. The second-order valence-corrected chi connectivity index (χ2v) is 4.30. The summed E-state index contributed by atoms with van der Waals surface area (Å²) in [5.74, 6) is -1.03. The summed E-state index contributed by atoms with van der Waals surface area (Å²) in [5.41, 5.74) is 1.36. The summed E-state index contributed by atoms with van der Waals surface area (Å²) in [6.07, 6.45) is 2.95. The van der Waals surface area contributed by atoms with Crippen molar-refractivity contribution in [3.8, 4) is 0 Å². The number of anilines is 1. The molecule has 1 amide bonds. The average molecular weight is 271 g/mol. The van der Waals surface area contributed by atoms with E-state index in [-0.39, 0.29) is 23.9 Å². The summed E-state index contributed by atoms with van der Waals surface area (Å²) in [6.45, 7) is 1.83. The maximum absolute atomic E-state index is 11.6. The van der Waals surface area contributed by atoms with Gasteiger partial charge in [-0.1, -0.05) is 11.6 Å². The lowest BCUT2D eigenvalue weighted by molar-refractivity contribution is -0.137. The lowest BCUT2D eigenvalue weighted by Gasteiger charge is -2.09. The molecule has 1 aromatic rings. The molecule has 5 nitrogen and oxygen atoms in total. The van der Waals surface area contributed by atoms with Crippen LogP contribution in [-0.4, -0.2) is 22.0 Å². The van der Waals surface area contributed by atoms with Crippen LogP contribution in [0.2, 0.25) is 5.15 Å². The second kappa shape index (κ2) is 6.96. The lowest BCUT2D eigenvalue weighted by Crippen LogP contribution is -2.13. The van der Waals surface area contributed by atoms with Gasteiger partial charge in [0, 0.05) is 19.0 Å². The Kier molecular flexibility index (Phi) is 5.58. The monoisotopic (exact) mass is 270 g/mol. The van der Waals surface area contributed by atoms with Crippen LogP contribution in [0.1, 0.15) is 31.2 Å². The van der Waals surface area contributed by atoms with Crippen molar-refractivity contribution in [3.05, 3.63) is 23.0 Å². The summed E-state index contributed by atoms with van der Waals surface area (Å²) in [7, 11) is 0. The number of carboxylic acid groups (broad SMARTS) is 1. The minimum atomic E-state index is -0.846. The molecule has 0 spiro atoms. The van der Waals surface area contributed by atoms with Crippen LogP contribution in [0.4, 0.5) is 5.69 Å². The van der Waals surface area contributed by atoms with Crippen molar-refractivity contribution in [2.24, 2.45) is 0 Å². The van der Waals surface area contributed by atoms with Crippen LogP contribution in [-0.2, 0) is 9.59 Å². The average Bonchev–Trinajstić information content (AvgIpc) is 2.29. The van der Waals surface area contributed by atoms with E-state index in [1.165, 1.54) is 0 Å². The lowest BCUT2D eigenvalue weighted by atomic mass is 10.2. The highest BCUT2D eigenvalue weighted by Crippen LogP contribution is 2.22. The first-order valence-corrected chi connectivity index (χ1v) is 6.01. The fourth-order valence-corrected chi connectivity index (χ4v) is 1.69. The van der Waals surface area contributed by atoms with Gasteiger partial charge in [-0.3, -0.25) is 9.59 Å². The van der Waals surface area contributed by atoms with Crippen molar-refractivity contribution in [1.82, 2.24) is 4.98 Å². The number of carbonyl (C=O) groups excluding carboxylic acids is 1. The topological polar surface area (TPSA) is 79.3 Å². The van der Waals surface area contributed by atoms with E-state index in [4.69, 9.17) is 16.7 Å². The SMILES string of the molecule is Cc1ccnc(Cl)c1NC(=O)CCCCC(=O)O. The molecule has 18 heavy (non-hydrogen) atoms. The zero-order chi connectivity index (χ0) is 13.5. The summed E-state index contributed by atoms with van der Waals surface area (Å²) in [5, 5.41) is 11.4. The van der Waals surface area contributed by atoms with Crippen LogP contribution in [0.15, 0.2) is 12.3 Å². The van der Waals surface area contributed by atoms with Gasteiger partial charge in [0.05, 0.1) is 5.69 Å². The van der Waals surface area contributed by atoms with Crippen molar-refractivity contribution in [2.75, 3.05) is 5.32 Å². The van der Waals surface area contributed by atoms with Gasteiger partial charge in [0.15, 0.2) is 5.15 Å². The van der Waals surface area contributed by atoms with Crippen molar-refractivity contribution in [3.63, 3.8) is 0 Å². The van der Waals surface area contributed by atoms with Crippen LogP contribution in [0, 0.1) is 6.92 Å². The number of amides is 1. The zero-order valence-corrected chi connectivity index (χ0v) is 10.8. The molecule has 0 unspecified atom stereocenters. The number of hydrogen-bond donors (Lipinski definition) is 2. The minimum absolute atomic E-state index is 0.0833. The molecule has 0 aliphatic carbocycles. The predicted molar refractivity (Wildman–Crippen MR) is 68.7 cm³/mol. The van der Waals surface area contributed by atoms with Gasteiger partial charge in [-0.05, 0) is 31.4 Å². The molecule has 1 aromatic heterocycles. The molecule has 0 bridgehead atoms. The number of unbranched alkanes of at least 4 members (excludes halogenated alkanes) is 1. The number of rotatable bonds is 6. The molecule has 0 atom stereocenters. The molecule has 0 aliphatic rings. The van der Waals surface area contributed by atoms with Gasteiger partial charge in [0.2, 0.25) is 5.91 Å². The molecule has 0 radical (unpaired) electrons. The molecular formula is C12H15ClN2O3. The van der Waals surface area contributed by atoms with Crippen LogP contribution in [0.25, 0.3) is 0 Å². The third-order valence-corrected chi connectivity index (χ3v) is 2.71. The fraction of sp³-hybridized carbons (Fsp3) is 0.417. The third kappa shape index (κ3) is 4.71. The molecule has 6 heteroatoms. The summed E-state index contributed by atoms with van der Waals surface area (Å²) in [6, 6.07) is 1.76. The molecule has 0 saturated carbocycles.